The Morgan fingerprint density at radius 2 is 1.43 bits per heavy atom. The summed E-state index contributed by atoms with van der Waals surface area (Å²) in [7, 11) is 0. The van der Waals surface area contributed by atoms with Crippen molar-refractivity contribution in [1.29, 1.82) is 0 Å². The second-order valence-electron chi connectivity index (χ2n) is 5.38. The van der Waals surface area contributed by atoms with Gasteiger partial charge in [0.2, 0.25) is 0 Å². The molecule has 0 saturated carbocycles. The van der Waals surface area contributed by atoms with Crippen LogP contribution in [0.2, 0.25) is 0 Å². The molecule has 2 aromatic carbocycles. The summed E-state index contributed by atoms with van der Waals surface area (Å²) in [6.07, 6.45) is 3.28. The molecule has 0 fully saturated rings. The molecule has 0 aliphatic heterocycles. The summed E-state index contributed by atoms with van der Waals surface area (Å²) in [6.45, 7) is 14.4. The van der Waals surface area contributed by atoms with Gasteiger partial charge in [-0.2, -0.15) is 6.07 Å². The van der Waals surface area contributed by atoms with E-state index in [0.717, 1.165) is 0 Å². The molecule has 0 saturated heterocycles. The van der Waals surface area contributed by atoms with Gasteiger partial charge in [0.25, 0.3) is 0 Å². The standard InChI is InChI=1S/C10H9.C4H10N.C4H6.2CH3.Si.Ti/c1-8-6-9-4-2-3-5-10(9)7-8;1-4(2,3)5;1-3-4-2;;;;/h2-7H,1H3;5H,1-3H3;3-4H,1-2H2;2*1H3;;/q2*-1;;2*-1;;+4. The maximum Gasteiger partial charge on any atom is 4.00 e. The molecule has 4 radical (unpaired) electrons. The summed E-state index contributed by atoms with van der Waals surface area (Å²) in [5.41, 5.74) is 8.04. The van der Waals surface area contributed by atoms with Gasteiger partial charge in [-0.15, -0.1) is 46.1 Å². The summed E-state index contributed by atoms with van der Waals surface area (Å²) in [5, 5.41) is 2.69. The van der Waals surface area contributed by atoms with Gasteiger partial charge in [0, 0.05) is 11.0 Å². The average molecular weight is 361 g/mol. The molecule has 23 heavy (non-hydrogen) atoms. The molecule has 0 unspecified atom stereocenters. The Morgan fingerprint density at radius 1 is 1.04 bits per heavy atom. The number of nitrogens with one attached hydrogen (secondary N) is 1. The maximum atomic E-state index is 6.94. The zero-order valence-corrected chi connectivity index (χ0v) is 18.1. The fourth-order valence-corrected chi connectivity index (χ4v) is 1.31. The Labute approximate surface area is 164 Å². The molecule has 0 amide bonds. The molecule has 0 aliphatic carbocycles. The molecule has 0 bridgehead atoms. The Morgan fingerprint density at radius 3 is 1.78 bits per heavy atom. The van der Waals surface area contributed by atoms with Crippen molar-refractivity contribution in [1.82, 2.24) is 0 Å². The van der Waals surface area contributed by atoms with Crippen LogP contribution < -0.4 is 0 Å². The molecular weight excluding hydrogens is 330 g/mol. The number of fused-ring (bicyclic) bond motifs is 1. The van der Waals surface area contributed by atoms with Crippen molar-refractivity contribution in [3.8, 4) is 0 Å². The molecule has 0 spiro atoms. The van der Waals surface area contributed by atoms with Crippen molar-refractivity contribution in [2.24, 2.45) is 0 Å². The minimum atomic E-state index is -0.250. The predicted molar refractivity (Wildman–Crippen MR) is 107 cm³/mol. The van der Waals surface area contributed by atoms with Crippen LogP contribution in [0.15, 0.2) is 61.7 Å². The molecular formula is C20H31NSiTi. The fourth-order valence-electron chi connectivity index (χ4n) is 1.31. The van der Waals surface area contributed by atoms with Gasteiger partial charge in [-0.05, 0) is 0 Å². The minimum absolute atomic E-state index is 0. The summed E-state index contributed by atoms with van der Waals surface area (Å²) in [5.74, 6) is 0. The summed E-state index contributed by atoms with van der Waals surface area (Å²) >= 11 is 0. The molecule has 0 aliphatic rings. The average Bonchev–Trinajstić information content (AvgIpc) is 2.67. The van der Waals surface area contributed by atoms with Crippen molar-refractivity contribution < 1.29 is 21.7 Å². The molecule has 0 atom stereocenters. The fraction of sp³-hybridized carbons (Fsp3) is 0.250. The van der Waals surface area contributed by atoms with Crippen molar-refractivity contribution in [2.75, 3.05) is 0 Å². The van der Waals surface area contributed by atoms with Gasteiger partial charge in [-0.1, -0.05) is 59.1 Å². The Balaban J connectivity index is -0.0000000736. The monoisotopic (exact) mass is 361 g/mol. The van der Waals surface area contributed by atoms with Crippen LogP contribution in [0.5, 0.6) is 0 Å². The van der Waals surface area contributed by atoms with E-state index in [0.29, 0.717) is 0 Å². The quantitative estimate of drug-likeness (QED) is 0.311. The van der Waals surface area contributed by atoms with Gasteiger partial charge < -0.3 is 20.6 Å². The van der Waals surface area contributed by atoms with Gasteiger partial charge in [0.05, 0.1) is 0 Å². The SMILES string of the molecule is C=CC=C.CC(C)(C)[NH-].Cc1cc2ccccc2[cH-]1.[CH3-].[CH3-].[Si].[Ti+4]. The molecule has 2 rings (SSSR count). The second-order valence-corrected chi connectivity index (χ2v) is 5.38. The zero-order chi connectivity index (χ0) is 14.9. The Kier molecular flexibility index (Phi) is 25.7. The Bertz CT molecular complexity index is 465. The third kappa shape index (κ3) is 21.2. The number of allylic oxidation sites excluding steroid dienone is 2. The normalized spacial score (nSPS) is 8.04. The molecule has 2 aromatic rings. The van der Waals surface area contributed by atoms with E-state index >= 15 is 0 Å². The van der Waals surface area contributed by atoms with Crippen LogP contribution in [0, 0.1) is 21.8 Å². The van der Waals surface area contributed by atoms with E-state index in [9.17, 15) is 0 Å². The summed E-state index contributed by atoms with van der Waals surface area (Å²) in [4.78, 5) is 0. The molecule has 124 valence electrons. The minimum Gasteiger partial charge on any atom is -0.673 e. The van der Waals surface area contributed by atoms with Gasteiger partial charge >= 0.3 is 21.7 Å². The van der Waals surface area contributed by atoms with Gasteiger partial charge in [0.1, 0.15) is 0 Å². The van der Waals surface area contributed by atoms with Gasteiger partial charge in [-0.25, -0.2) is 0 Å². The molecule has 0 heterocycles. The van der Waals surface area contributed by atoms with Crippen LogP contribution in [0.1, 0.15) is 26.3 Å². The molecule has 1 N–H and O–H groups in total. The third-order valence-electron chi connectivity index (χ3n) is 1.93. The number of hydrogen-bond acceptors (Lipinski definition) is 0. The number of aryl methyl sites for hydroxylation is 1. The maximum absolute atomic E-state index is 6.94. The first-order chi connectivity index (χ1) is 8.77. The van der Waals surface area contributed by atoms with Crippen LogP contribution in [-0.2, 0) is 21.7 Å². The zero-order valence-electron chi connectivity index (χ0n) is 15.5. The van der Waals surface area contributed by atoms with E-state index in [4.69, 9.17) is 5.73 Å². The van der Waals surface area contributed by atoms with Gasteiger partial charge in [0.15, 0.2) is 0 Å². The van der Waals surface area contributed by atoms with E-state index in [1.54, 1.807) is 12.2 Å². The van der Waals surface area contributed by atoms with Crippen molar-refractivity contribution >= 4 is 21.7 Å². The van der Waals surface area contributed by atoms with E-state index in [-0.39, 0.29) is 53.1 Å². The number of benzene rings is 1. The van der Waals surface area contributed by atoms with Crippen LogP contribution in [-0.4, -0.2) is 16.5 Å². The van der Waals surface area contributed by atoms with Crippen molar-refractivity contribution in [3.05, 3.63) is 87.9 Å². The first-order valence-corrected chi connectivity index (χ1v) is 6.38. The van der Waals surface area contributed by atoms with Crippen LogP contribution in [0.3, 0.4) is 0 Å². The topological polar surface area (TPSA) is 23.8 Å². The number of rotatable bonds is 1. The Hall–Kier alpha value is -0.799. The first kappa shape index (κ1) is 33.7. The van der Waals surface area contributed by atoms with Crippen LogP contribution in [0.4, 0.5) is 0 Å². The summed E-state index contributed by atoms with van der Waals surface area (Å²) in [6, 6.07) is 12.8. The van der Waals surface area contributed by atoms with E-state index in [1.165, 1.54) is 16.3 Å². The van der Waals surface area contributed by atoms with E-state index < -0.39 is 0 Å². The van der Waals surface area contributed by atoms with Crippen LogP contribution >= 0.6 is 0 Å². The summed E-state index contributed by atoms with van der Waals surface area (Å²) < 4.78 is 0. The van der Waals surface area contributed by atoms with Crippen molar-refractivity contribution in [3.63, 3.8) is 0 Å². The van der Waals surface area contributed by atoms with Gasteiger partial charge in [-0.3, -0.25) is 0 Å². The van der Waals surface area contributed by atoms with E-state index in [2.05, 4.69) is 56.5 Å². The molecule has 3 heteroatoms. The second kappa shape index (κ2) is 17.6. The molecule has 1 nitrogen and oxygen atoms in total. The largest absolute Gasteiger partial charge is 4.00 e. The molecule has 0 aromatic heterocycles. The van der Waals surface area contributed by atoms with E-state index in [1.807, 2.05) is 20.8 Å². The first-order valence-electron chi connectivity index (χ1n) is 6.38. The van der Waals surface area contributed by atoms with Crippen LogP contribution in [0.25, 0.3) is 16.5 Å². The van der Waals surface area contributed by atoms with Crippen molar-refractivity contribution in [2.45, 2.75) is 33.2 Å². The smallest absolute Gasteiger partial charge is 0.673 e. The predicted octanol–water partition coefficient (Wildman–Crippen LogP) is 6.58. The third-order valence-corrected chi connectivity index (χ3v) is 1.93. The number of hydrogen-bond donors (Lipinski definition) is 0.